The van der Waals surface area contributed by atoms with E-state index in [0.29, 0.717) is 0 Å². The number of nitrogens with zero attached hydrogens (tertiary/aromatic N) is 2. The molecule has 1 fully saturated rings. The number of rotatable bonds is 3. The first kappa shape index (κ1) is 34.4. The van der Waals surface area contributed by atoms with Gasteiger partial charge in [0.1, 0.15) is 0 Å². The molecule has 0 aromatic heterocycles. The molecule has 0 atom stereocenters. The molecule has 1 saturated heterocycles. The number of hydrogen-bond donors (Lipinski definition) is 1. The van der Waals surface area contributed by atoms with Gasteiger partial charge in [0.25, 0.3) is 6.98 Å². The van der Waals surface area contributed by atoms with Crippen molar-refractivity contribution in [1.82, 2.24) is 5.14 Å². The maximum Gasteiger partial charge on any atom is 2.00 e. The Balaban J connectivity index is 0.000000346. The van der Waals surface area contributed by atoms with Crippen LogP contribution in [0, 0.1) is 0 Å². The quantitative estimate of drug-likeness (QED) is 0.208. The zero-order valence-corrected chi connectivity index (χ0v) is 24.6. The van der Waals surface area contributed by atoms with Crippen molar-refractivity contribution in [2.45, 2.75) is 0 Å². The molecule has 1 heterocycles. The second kappa shape index (κ2) is 20.3. The fourth-order valence-electron chi connectivity index (χ4n) is 3.82. The molecular formula is C30H28B3Fe3N3. The van der Waals surface area contributed by atoms with Gasteiger partial charge in [-0.2, -0.15) is 91.0 Å². The standard InChI is InChI=1S/C15H13B3N3.3C5H5.3Fe/c1-2-8-13(7-1)18-20(14-9-3-4-10-14)16-19-17-21(18)15-11-5-6-12-15;3*1-2-4-5-3-1;;;/h1-12,19H;3*1-5H;;;/q-3;3*-1;3*+2. The molecule has 1 aliphatic heterocycles. The molecule has 0 unspecified atom stereocenters. The third kappa shape index (κ3) is 11.2. The van der Waals surface area contributed by atoms with Crippen LogP contribution in [-0.2, 0) is 51.2 Å². The largest absolute Gasteiger partial charge is 2.00 e. The first-order valence-electron chi connectivity index (χ1n) is 12.1. The predicted octanol–water partition coefficient (Wildman–Crippen LogP) is 5.43. The van der Waals surface area contributed by atoms with E-state index in [1.165, 1.54) is 16.8 Å². The Labute approximate surface area is 266 Å². The van der Waals surface area contributed by atoms with Crippen LogP contribution in [0.25, 0.3) is 0 Å². The fourth-order valence-corrected chi connectivity index (χ4v) is 3.82. The SMILES string of the molecule is [B]1N[B]N([c-]2cccc2)B([c-]2cccc2)N1[c-]1cccc1.[Fe+2].[Fe+2].[Fe+2].c1cc[cH-]c1.c1cc[cH-]c1.c1cc[cH-]c1. The van der Waals surface area contributed by atoms with Crippen molar-refractivity contribution in [2.24, 2.45) is 0 Å². The zero-order chi connectivity index (χ0) is 24.7. The molecule has 0 bridgehead atoms. The van der Waals surface area contributed by atoms with E-state index in [1.807, 2.05) is 106 Å². The minimum absolute atomic E-state index is 0. The number of anilines is 2. The van der Waals surface area contributed by atoms with E-state index >= 15 is 0 Å². The topological polar surface area (TPSA) is 18.5 Å². The van der Waals surface area contributed by atoms with Gasteiger partial charge in [0.05, 0.1) is 0 Å². The minimum Gasteiger partial charge on any atom is -0.496 e. The summed E-state index contributed by atoms with van der Waals surface area (Å²) in [5.41, 5.74) is 3.63. The molecule has 0 saturated carbocycles. The van der Waals surface area contributed by atoms with Crippen LogP contribution in [0.1, 0.15) is 0 Å². The molecule has 7 rings (SSSR count). The van der Waals surface area contributed by atoms with Crippen molar-refractivity contribution in [3.8, 4) is 0 Å². The Morgan fingerprint density at radius 1 is 0.462 bits per heavy atom. The Bertz CT molecular complexity index is 1060. The van der Waals surface area contributed by atoms with Crippen LogP contribution >= 0.6 is 0 Å². The van der Waals surface area contributed by atoms with Crippen LogP contribution in [0.2, 0.25) is 0 Å². The summed E-state index contributed by atoms with van der Waals surface area (Å²) in [6.45, 7) is 0.117. The summed E-state index contributed by atoms with van der Waals surface area (Å²) < 4.78 is 4.50. The average molecular weight is 631 g/mol. The summed E-state index contributed by atoms with van der Waals surface area (Å²) in [6, 6.07) is 55.3. The Hall–Kier alpha value is -2.59. The van der Waals surface area contributed by atoms with Crippen LogP contribution in [0.15, 0.2) is 164 Å². The Morgan fingerprint density at radius 2 is 0.769 bits per heavy atom. The summed E-state index contributed by atoms with van der Waals surface area (Å²) in [5, 5.41) is 3.26. The first-order chi connectivity index (χ1) is 17.9. The third-order valence-electron chi connectivity index (χ3n) is 5.49. The molecule has 1 aliphatic rings. The second-order valence-corrected chi connectivity index (χ2v) is 8.00. The van der Waals surface area contributed by atoms with E-state index in [9.17, 15) is 0 Å². The van der Waals surface area contributed by atoms with Gasteiger partial charge in [-0.3, -0.25) is 0 Å². The maximum atomic E-state index is 3.26. The maximum absolute atomic E-state index is 3.26. The molecule has 196 valence electrons. The molecule has 1 N–H and O–H groups in total. The van der Waals surface area contributed by atoms with E-state index in [-0.39, 0.29) is 58.2 Å². The smallest absolute Gasteiger partial charge is 0.496 e. The van der Waals surface area contributed by atoms with Gasteiger partial charge < -0.3 is 14.6 Å². The molecule has 0 amide bonds. The van der Waals surface area contributed by atoms with Crippen LogP contribution in [0.4, 0.5) is 11.4 Å². The summed E-state index contributed by atoms with van der Waals surface area (Å²) in [7, 11) is 4.04. The molecule has 0 spiro atoms. The van der Waals surface area contributed by atoms with Gasteiger partial charge in [-0.15, -0.1) is 5.46 Å². The van der Waals surface area contributed by atoms with Gasteiger partial charge in [-0.1, -0.05) is 11.4 Å². The average Bonchev–Trinajstić information content (AvgIpc) is 3.81. The van der Waals surface area contributed by atoms with Crippen LogP contribution in [0.3, 0.4) is 0 Å². The van der Waals surface area contributed by atoms with Gasteiger partial charge in [-0.05, 0) is 0 Å². The summed E-state index contributed by atoms with van der Waals surface area (Å²) in [4.78, 5) is 0. The summed E-state index contributed by atoms with van der Waals surface area (Å²) in [6.07, 6.45) is 0. The van der Waals surface area contributed by atoms with Gasteiger partial charge in [0.15, 0.2) is 0 Å². The molecule has 3 nitrogen and oxygen atoms in total. The number of nitrogens with one attached hydrogen (secondary N) is 1. The molecule has 6 aromatic carbocycles. The van der Waals surface area contributed by atoms with Crippen molar-refractivity contribution in [3.05, 3.63) is 164 Å². The monoisotopic (exact) mass is 631 g/mol. The van der Waals surface area contributed by atoms with Crippen molar-refractivity contribution in [2.75, 3.05) is 9.44 Å². The van der Waals surface area contributed by atoms with E-state index in [4.69, 9.17) is 0 Å². The van der Waals surface area contributed by atoms with E-state index in [0.717, 1.165) is 0 Å². The summed E-state index contributed by atoms with van der Waals surface area (Å²) in [5.74, 6) is 0. The molecule has 9 heteroatoms. The van der Waals surface area contributed by atoms with Crippen LogP contribution in [-0.4, -0.2) is 22.1 Å². The molecule has 0 aliphatic carbocycles. The van der Waals surface area contributed by atoms with E-state index < -0.39 is 0 Å². The van der Waals surface area contributed by atoms with Crippen molar-refractivity contribution >= 4 is 38.9 Å². The summed E-state index contributed by atoms with van der Waals surface area (Å²) >= 11 is 0. The van der Waals surface area contributed by atoms with Crippen molar-refractivity contribution < 1.29 is 51.2 Å². The van der Waals surface area contributed by atoms with Gasteiger partial charge >= 0.3 is 66.3 Å². The third-order valence-corrected chi connectivity index (χ3v) is 5.49. The van der Waals surface area contributed by atoms with Crippen LogP contribution < -0.4 is 20.0 Å². The molecular weight excluding hydrogens is 602 g/mol. The molecule has 2 radical (unpaired) electrons. The van der Waals surface area contributed by atoms with Crippen LogP contribution in [0.5, 0.6) is 0 Å². The van der Waals surface area contributed by atoms with E-state index in [1.54, 1.807) is 0 Å². The van der Waals surface area contributed by atoms with Gasteiger partial charge in [-0.25, -0.2) is 72.8 Å². The van der Waals surface area contributed by atoms with Gasteiger partial charge in [0, 0.05) is 0 Å². The molecule has 6 aromatic rings. The predicted molar refractivity (Wildman–Crippen MR) is 157 cm³/mol. The van der Waals surface area contributed by atoms with E-state index in [2.05, 4.69) is 87.4 Å². The first-order valence-corrected chi connectivity index (χ1v) is 12.1. The minimum atomic E-state index is 0. The van der Waals surface area contributed by atoms with Gasteiger partial charge in [0.2, 0.25) is 0 Å². The Kier molecular flexibility index (Phi) is 18.0. The Morgan fingerprint density at radius 3 is 1.05 bits per heavy atom. The van der Waals surface area contributed by atoms with Crippen molar-refractivity contribution in [3.63, 3.8) is 0 Å². The number of hydrogen-bond acceptors (Lipinski definition) is 3. The van der Waals surface area contributed by atoms with Crippen molar-refractivity contribution in [1.29, 1.82) is 0 Å². The molecule has 39 heavy (non-hydrogen) atoms. The second-order valence-electron chi connectivity index (χ2n) is 8.00. The zero-order valence-electron chi connectivity index (χ0n) is 21.3. The fraction of sp³-hybridized carbons (Fsp3) is 0. The normalized spacial score (nSPS) is 11.1.